The minimum atomic E-state index is -0.299. The average Bonchev–Trinajstić information content (AvgIpc) is 3.26. The van der Waals surface area contributed by atoms with E-state index in [0.717, 1.165) is 27.7 Å². The Morgan fingerprint density at radius 2 is 1.91 bits per heavy atom. The summed E-state index contributed by atoms with van der Waals surface area (Å²) in [5.41, 5.74) is 3.78. The van der Waals surface area contributed by atoms with Gasteiger partial charge in [0.1, 0.15) is 18.2 Å². The predicted octanol–water partition coefficient (Wildman–Crippen LogP) is 5.53. The molecule has 1 heterocycles. The Hall–Kier alpha value is -3.56. The zero-order valence-electron chi connectivity index (χ0n) is 17.5. The standard InChI is InChI=1S/C26H21BrN2O3/c1-31-25-15-19(8-11-24(25)32-17-18-6-9-22(27)10-7-18)14-21(16-28)26(30)29-13-12-20-4-2-3-5-23(20)29/h2-11,14-15H,12-13,17H2,1H3. The lowest BCUT2D eigenvalue weighted by Gasteiger charge is -2.16. The largest absolute Gasteiger partial charge is 0.493 e. The summed E-state index contributed by atoms with van der Waals surface area (Å²) < 4.78 is 12.4. The SMILES string of the molecule is COc1cc(C=C(C#N)C(=O)N2CCc3ccccc32)ccc1OCc1ccc(Br)cc1. The first kappa shape index (κ1) is 21.7. The molecule has 4 rings (SSSR count). The zero-order chi connectivity index (χ0) is 22.5. The number of ether oxygens (including phenoxy) is 2. The van der Waals surface area contributed by atoms with E-state index < -0.39 is 0 Å². The molecule has 1 aliphatic rings. The lowest BCUT2D eigenvalue weighted by Crippen LogP contribution is -2.29. The summed E-state index contributed by atoms with van der Waals surface area (Å²) >= 11 is 3.42. The molecule has 0 aromatic heterocycles. The molecule has 0 spiro atoms. The van der Waals surface area contributed by atoms with E-state index in [2.05, 4.69) is 22.0 Å². The second-order valence-corrected chi connectivity index (χ2v) is 8.25. The van der Waals surface area contributed by atoms with Gasteiger partial charge < -0.3 is 14.4 Å². The van der Waals surface area contributed by atoms with Crippen molar-refractivity contribution in [3.8, 4) is 17.6 Å². The Balaban J connectivity index is 1.53. The van der Waals surface area contributed by atoms with Crippen LogP contribution in [0.4, 0.5) is 5.69 Å². The summed E-state index contributed by atoms with van der Waals surface area (Å²) in [7, 11) is 1.56. The van der Waals surface area contributed by atoms with Gasteiger partial charge in [0.2, 0.25) is 0 Å². The number of carbonyl (C=O) groups excluding carboxylic acids is 1. The Morgan fingerprint density at radius 1 is 1.12 bits per heavy atom. The molecule has 32 heavy (non-hydrogen) atoms. The van der Waals surface area contributed by atoms with E-state index in [0.29, 0.717) is 30.2 Å². The number of hydrogen-bond donors (Lipinski definition) is 0. The number of halogens is 1. The van der Waals surface area contributed by atoms with Crippen molar-refractivity contribution in [1.82, 2.24) is 0 Å². The molecule has 0 saturated carbocycles. The van der Waals surface area contributed by atoms with Crippen molar-refractivity contribution in [3.63, 3.8) is 0 Å². The second-order valence-electron chi connectivity index (χ2n) is 7.33. The van der Waals surface area contributed by atoms with Crippen LogP contribution in [0, 0.1) is 11.3 Å². The molecule has 0 bridgehead atoms. The van der Waals surface area contributed by atoms with Crippen LogP contribution < -0.4 is 14.4 Å². The fourth-order valence-electron chi connectivity index (χ4n) is 3.64. The van der Waals surface area contributed by atoms with Gasteiger partial charge in [-0.2, -0.15) is 5.26 Å². The van der Waals surface area contributed by atoms with Gasteiger partial charge in [0.05, 0.1) is 7.11 Å². The molecule has 1 amide bonds. The van der Waals surface area contributed by atoms with Crippen LogP contribution in [0.5, 0.6) is 11.5 Å². The van der Waals surface area contributed by atoms with Gasteiger partial charge in [0, 0.05) is 16.7 Å². The molecular weight excluding hydrogens is 468 g/mol. The third-order valence-electron chi connectivity index (χ3n) is 5.29. The van der Waals surface area contributed by atoms with Gasteiger partial charge in [0.25, 0.3) is 5.91 Å². The molecule has 0 aliphatic carbocycles. The minimum Gasteiger partial charge on any atom is -0.493 e. The van der Waals surface area contributed by atoms with Crippen LogP contribution in [0.2, 0.25) is 0 Å². The van der Waals surface area contributed by atoms with E-state index in [9.17, 15) is 10.1 Å². The van der Waals surface area contributed by atoms with Crippen molar-refractivity contribution in [1.29, 1.82) is 5.26 Å². The zero-order valence-corrected chi connectivity index (χ0v) is 19.1. The molecule has 3 aromatic rings. The highest BCUT2D eigenvalue weighted by atomic mass is 79.9. The van der Waals surface area contributed by atoms with Gasteiger partial charge in [-0.25, -0.2) is 0 Å². The Kier molecular flexibility index (Phi) is 6.58. The van der Waals surface area contributed by atoms with Crippen LogP contribution >= 0.6 is 15.9 Å². The summed E-state index contributed by atoms with van der Waals surface area (Å²) in [5.74, 6) is 0.824. The van der Waals surface area contributed by atoms with Crippen LogP contribution in [0.3, 0.4) is 0 Å². The van der Waals surface area contributed by atoms with Crippen LogP contribution in [0.25, 0.3) is 6.08 Å². The summed E-state index contributed by atoms with van der Waals surface area (Å²) in [5, 5.41) is 9.65. The third kappa shape index (κ3) is 4.68. The number of carbonyl (C=O) groups is 1. The number of rotatable bonds is 6. The van der Waals surface area contributed by atoms with E-state index in [1.807, 2.05) is 54.6 Å². The lowest BCUT2D eigenvalue weighted by atomic mass is 10.1. The molecule has 0 fully saturated rings. The molecule has 0 unspecified atom stereocenters. The number of nitrogens with zero attached hydrogens (tertiary/aromatic N) is 2. The second kappa shape index (κ2) is 9.71. The molecule has 0 N–H and O–H groups in total. The maximum absolute atomic E-state index is 13.0. The van der Waals surface area contributed by atoms with Crippen molar-refractivity contribution < 1.29 is 14.3 Å². The van der Waals surface area contributed by atoms with Crippen molar-refractivity contribution >= 4 is 33.6 Å². The quantitative estimate of drug-likeness (QED) is 0.337. The van der Waals surface area contributed by atoms with Gasteiger partial charge in [-0.1, -0.05) is 52.3 Å². The fourth-order valence-corrected chi connectivity index (χ4v) is 3.90. The van der Waals surface area contributed by atoms with Gasteiger partial charge in [0.15, 0.2) is 11.5 Å². The lowest BCUT2D eigenvalue weighted by molar-refractivity contribution is -0.114. The van der Waals surface area contributed by atoms with Gasteiger partial charge >= 0.3 is 0 Å². The molecule has 3 aromatic carbocycles. The Bertz CT molecular complexity index is 1210. The third-order valence-corrected chi connectivity index (χ3v) is 5.82. The molecule has 1 aliphatic heterocycles. The number of benzene rings is 3. The van der Waals surface area contributed by atoms with E-state index in [4.69, 9.17) is 9.47 Å². The fraction of sp³-hybridized carbons (Fsp3) is 0.154. The Labute approximate surface area is 195 Å². The van der Waals surface area contributed by atoms with Crippen LogP contribution in [-0.4, -0.2) is 19.6 Å². The summed E-state index contributed by atoms with van der Waals surface area (Å²) in [6.45, 7) is 0.971. The number of anilines is 1. The topological polar surface area (TPSA) is 62.6 Å². The van der Waals surface area contributed by atoms with Gasteiger partial charge in [-0.3, -0.25) is 4.79 Å². The van der Waals surface area contributed by atoms with E-state index >= 15 is 0 Å². The molecular formula is C26H21BrN2O3. The molecule has 0 radical (unpaired) electrons. The number of nitriles is 1. The monoisotopic (exact) mass is 488 g/mol. The van der Waals surface area contributed by atoms with E-state index in [1.54, 1.807) is 30.2 Å². The van der Waals surface area contributed by atoms with Crippen molar-refractivity contribution in [2.45, 2.75) is 13.0 Å². The van der Waals surface area contributed by atoms with Crippen molar-refractivity contribution in [2.24, 2.45) is 0 Å². The van der Waals surface area contributed by atoms with Crippen LogP contribution in [0.15, 0.2) is 76.8 Å². The summed E-state index contributed by atoms with van der Waals surface area (Å²) in [4.78, 5) is 14.7. The number of para-hydroxylation sites is 1. The van der Waals surface area contributed by atoms with Gasteiger partial charge in [-0.15, -0.1) is 0 Å². The van der Waals surface area contributed by atoms with E-state index in [-0.39, 0.29) is 11.5 Å². The molecule has 6 heteroatoms. The van der Waals surface area contributed by atoms with Crippen molar-refractivity contribution in [3.05, 3.63) is 93.5 Å². The smallest absolute Gasteiger partial charge is 0.268 e. The van der Waals surface area contributed by atoms with E-state index in [1.165, 1.54) is 0 Å². The molecule has 0 saturated heterocycles. The number of hydrogen-bond acceptors (Lipinski definition) is 4. The minimum absolute atomic E-state index is 0.0762. The first-order valence-electron chi connectivity index (χ1n) is 10.2. The average molecular weight is 489 g/mol. The summed E-state index contributed by atoms with van der Waals surface area (Å²) in [6, 6.07) is 23.1. The maximum Gasteiger partial charge on any atom is 0.268 e. The first-order valence-corrected chi connectivity index (χ1v) is 10.9. The molecule has 0 atom stereocenters. The molecule has 160 valence electrons. The first-order chi connectivity index (χ1) is 15.6. The number of fused-ring (bicyclic) bond motifs is 1. The predicted molar refractivity (Wildman–Crippen MR) is 128 cm³/mol. The van der Waals surface area contributed by atoms with Crippen molar-refractivity contribution in [2.75, 3.05) is 18.6 Å². The highest BCUT2D eigenvalue weighted by Crippen LogP contribution is 2.31. The van der Waals surface area contributed by atoms with Gasteiger partial charge in [-0.05, 0) is 59.5 Å². The number of amides is 1. The molecule has 5 nitrogen and oxygen atoms in total. The highest BCUT2D eigenvalue weighted by Gasteiger charge is 2.26. The van der Waals surface area contributed by atoms with Crippen LogP contribution in [0.1, 0.15) is 16.7 Å². The highest BCUT2D eigenvalue weighted by molar-refractivity contribution is 9.10. The normalized spacial score (nSPS) is 12.8. The summed E-state index contributed by atoms with van der Waals surface area (Å²) in [6.07, 6.45) is 2.38. The van der Waals surface area contributed by atoms with Crippen LogP contribution in [-0.2, 0) is 17.8 Å². The maximum atomic E-state index is 13.0. The Morgan fingerprint density at radius 3 is 2.66 bits per heavy atom. The number of methoxy groups -OCH3 is 1.